The van der Waals surface area contributed by atoms with Crippen molar-refractivity contribution in [3.8, 4) is 0 Å². The van der Waals surface area contributed by atoms with Crippen molar-refractivity contribution >= 4 is 5.91 Å². The first-order valence-electron chi connectivity index (χ1n) is 9.00. The van der Waals surface area contributed by atoms with Crippen molar-refractivity contribution in [1.29, 1.82) is 0 Å². The monoisotopic (exact) mass is 314 g/mol. The number of amides is 1. The predicted molar refractivity (Wildman–Crippen MR) is 88.9 cm³/mol. The van der Waals surface area contributed by atoms with Crippen LogP contribution >= 0.6 is 0 Å². The molecule has 1 saturated heterocycles. The van der Waals surface area contributed by atoms with Crippen molar-refractivity contribution in [3.05, 3.63) is 0 Å². The van der Waals surface area contributed by atoms with E-state index in [-0.39, 0.29) is 5.91 Å². The van der Waals surface area contributed by atoms with Gasteiger partial charge in [0.05, 0.1) is 13.2 Å². The Hall–Kier alpha value is -0.650. The molecule has 2 N–H and O–H groups in total. The molecule has 1 rings (SSSR count). The molecule has 1 amide bonds. The normalized spacial score (nSPS) is 17.4. The van der Waals surface area contributed by atoms with E-state index in [1.54, 1.807) is 0 Å². The SMILES string of the molecule is CCCCCCCCCC(O)C(=O)NCCN1CCOCC1. The van der Waals surface area contributed by atoms with Gasteiger partial charge in [0.2, 0.25) is 5.91 Å². The topological polar surface area (TPSA) is 61.8 Å². The Balaban J connectivity index is 1.94. The minimum absolute atomic E-state index is 0.223. The highest BCUT2D eigenvalue weighted by molar-refractivity contribution is 5.80. The number of hydrogen-bond acceptors (Lipinski definition) is 4. The second kappa shape index (κ2) is 12.9. The predicted octanol–water partition coefficient (Wildman–Crippen LogP) is 1.94. The Morgan fingerprint density at radius 3 is 2.45 bits per heavy atom. The molecule has 22 heavy (non-hydrogen) atoms. The van der Waals surface area contributed by atoms with Gasteiger partial charge in [-0.3, -0.25) is 9.69 Å². The number of unbranched alkanes of at least 4 members (excludes halogenated alkanes) is 6. The molecule has 0 aromatic carbocycles. The van der Waals surface area contributed by atoms with E-state index < -0.39 is 6.10 Å². The van der Waals surface area contributed by atoms with Gasteiger partial charge in [0.15, 0.2) is 0 Å². The van der Waals surface area contributed by atoms with E-state index in [0.717, 1.165) is 45.7 Å². The quantitative estimate of drug-likeness (QED) is 0.540. The third-order valence-electron chi connectivity index (χ3n) is 4.21. The van der Waals surface area contributed by atoms with Crippen LogP contribution in [0.25, 0.3) is 0 Å². The number of carbonyl (C=O) groups is 1. The van der Waals surface area contributed by atoms with E-state index in [0.29, 0.717) is 13.0 Å². The Morgan fingerprint density at radius 2 is 1.77 bits per heavy atom. The fraction of sp³-hybridized carbons (Fsp3) is 0.941. The lowest BCUT2D eigenvalue weighted by atomic mass is 10.1. The molecule has 1 unspecified atom stereocenters. The van der Waals surface area contributed by atoms with Crippen molar-refractivity contribution in [3.63, 3.8) is 0 Å². The molecule has 0 aromatic rings. The summed E-state index contributed by atoms with van der Waals surface area (Å²) in [6.45, 7) is 7.05. The number of rotatable bonds is 12. The van der Waals surface area contributed by atoms with Crippen LogP contribution in [0.3, 0.4) is 0 Å². The lowest BCUT2D eigenvalue weighted by Crippen LogP contribution is -2.43. The number of carbonyl (C=O) groups excluding carboxylic acids is 1. The number of aliphatic hydroxyl groups excluding tert-OH is 1. The summed E-state index contributed by atoms with van der Waals surface area (Å²) in [5.74, 6) is -0.223. The summed E-state index contributed by atoms with van der Waals surface area (Å²) < 4.78 is 5.28. The van der Waals surface area contributed by atoms with Crippen LogP contribution in [0.5, 0.6) is 0 Å². The van der Waals surface area contributed by atoms with Gasteiger partial charge in [-0.15, -0.1) is 0 Å². The standard InChI is InChI=1S/C17H34N2O3/c1-2-3-4-5-6-7-8-9-16(20)17(21)18-10-11-19-12-14-22-15-13-19/h16,20H,2-15H2,1H3,(H,18,21). The molecular weight excluding hydrogens is 280 g/mol. The van der Waals surface area contributed by atoms with Crippen molar-refractivity contribution in [1.82, 2.24) is 10.2 Å². The van der Waals surface area contributed by atoms with E-state index in [1.165, 1.54) is 32.1 Å². The largest absolute Gasteiger partial charge is 0.383 e. The van der Waals surface area contributed by atoms with Gasteiger partial charge in [-0.2, -0.15) is 0 Å². The highest BCUT2D eigenvalue weighted by Gasteiger charge is 2.15. The van der Waals surface area contributed by atoms with Gasteiger partial charge in [-0.05, 0) is 6.42 Å². The smallest absolute Gasteiger partial charge is 0.248 e. The van der Waals surface area contributed by atoms with Crippen LogP contribution in [0.15, 0.2) is 0 Å². The average Bonchev–Trinajstić information content (AvgIpc) is 2.54. The van der Waals surface area contributed by atoms with Gasteiger partial charge in [0.25, 0.3) is 0 Å². The Bertz CT molecular complexity index is 281. The second-order valence-electron chi connectivity index (χ2n) is 6.17. The molecule has 0 aromatic heterocycles. The summed E-state index contributed by atoms with van der Waals surface area (Å²) in [6, 6.07) is 0. The summed E-state index contributed by atoms with van der Waals surface area (Å²) in [7, 11) is 0. The number of nitrogens with one attached hydrogen (secondary N) is 1. The van der Waals surface area contributed by atoms with Crippen LogP contribution in [0.4, 0.5) is 0 Å². The maximum absolute atomic E-state index is 11.8. The summed E-state index contributed by atoms with van der Waals surface area (Å²) >= 11 is 0. The highest BCUT2D eigenvalue weighted by Crippen LogP contribution is 2.09. The van der Waals surface area contributed by atoms with Crippen LogP contribution in [-0.2, 0) is 9.53 Å². The molecule has 1 fully saturated rings. The van der Waals surface area contributed by atoms with Crippen LogP contribution in [0.1, 0.15) is 58.3 Å². The Kier molecular flexibility index (Phi) is 11.3. The minimum Gasteiger partial charge on any atom is -0.383 e. The summed E-state index contributed by atoms with van der Waals surface area (Å²) in [4.78, 5) is 14.1. The van der Waals surface area contributed by atoms with E-state index in [4.69, 9.17) is 4.74 Å². The molecule has 1 heterocycles. The lowest BCUT2D eigenvalue weighted by molar-refractivity contribution is -0.129. The van der Waals surface area contributed by atoms with Gasteiger partial charge in [-0.1, -0.05) is 51.9 Å². The minimum atomic E-state index is -0.847. The molecule has 0 spiro atoms. The zero-order valence-corrected chi connectivity index (χ0v) is 14.2. The second-order valence-corrected chi connectivity index (χ2v) is 6.17. The summed E-state index contributed by atoms with van der Waals surface area (Å²) in [6.07, 6.45) is 8.16. The van der Waals surface area contributed by atoms with Crippen LogP contribution in [0, 0.1) is 0 Å². The van der Waals surface area contributed by atoms with Gasteiger partial charge in [-0.25, -0.2) is 0 Å². The molecule has 5 heteroatoms. The van der Waals surface area contributed by atoms with Gasteiger partial charge < -0.3 is 15.2 Å². The molecule has 0 saturated carbocycles. The third kappa shape index (κ3) is 9.38. The number of hydrogen-bond donors (Lipinski definition) is 2. The van der Waals surface area contributed by atoms with Gasteiger partial charge in [0.1, 0.15) is 6.10 Å². The highest BCUT2D eigenvalue weighted by atomic mass is 16.5. The molecule has 130 valence electrons. The maximum atomic E-state index is 11.8. The van der Waals surface area contributed by atoms with Gasteiger partial charge >= 0.3 is 0 Å². The van der Waals surface area contributed by atoms with Crippen molar-refractivity contribution in [2.75, 3.05) is 39.4 Å². The number of aliphatic hydroxyl groups is 1. The molecule has 0 aliphatic carbocycles. The molecule has 5 nitrogen and oxygen atoms in total. The third-order valence-corrected chi connectivity index (χ3v) is 4.21. The number of ether oxygens (including phenoxy) is 1. The van der Waals surface area contributed by atoms with Crippen molar-refractivity contribution < 1.29 is 14.6 Å². The average molecular weight is 314 g/mol. The first kappa shape index (κ1) is 19.4. The number of nitrogens with zero attached hydrogens (tertiary/aromatic N) is 1. The fourth-order valence-corrected chi connectivity index (χ4v) is 2.71. The first-order valence-corrected chi connectivity index (χ1v) is 9.00. The molecule has 0 bridgehead atoms. The van der Waals surface area contributed by atoms with Gasteiger partial charge in [0, 0.05) is 26.2 Å². The maximum Gasteiger partial charge on any atom is 0.248 e. The fourth-order valence-electron chi connectivity index (χ4n) is 2.71. The molecule has 1 aliphatic heterocycles. The summed E-state index contributed by atoms with van der Waals surface area (Å²) in [5, 5.41) is 12.7. The van der Waals surface area contributed by atoms with E-state index in [2.05, 4.69) is 17.1 Å². The Labute approximate surface area is 135 Å². The first-order chi connectivity index (χ1) is 10.7. The molecule has 0 radical (unpaired) electrons. The van der Waals surface area contributed by atoms with Crippen molar-refractivity contribution in [2.24, 2.45) is 0 Å². The Morgan fingerprint density at radius 1 is 1.14 bits per heavy atom. The molecular formula is C17H34N2O3. The van der Waals surface area contributed by atoms with Crippen LogP contribution in [0.2, 0.25) is 0 Å². The van der Waals surface area contributed by atoms with Crippen LogP contribution in [-0.4, -0.2) is 61.4 Å². The van der Waals surface area contributed by atoms with Crippen LogP contribution < -0.4 is 5.32 Å². The van der Waals surface area contributed by atoms with E-state index in [1.807, 2.05) is 0 Å². The lowest BCUT2D eigenvalue weighted by Gasteiger charge is -2.26. The van der Waals surface area contributed by atoms with Crippen molar-refractivity contribution in [2.45, 2.75) is 64.4 Å². The molecule has 1 atom stereocenters. The summed E-state index contributed by atoms with van der Waals surface area (Å²) in [5.41, 5.74) is 0. The van der Waals surface area contributed by atoms with E-state index >= 15 is 0 Å². The zero-order valence-electron chi connectivity index (χ0n) is 14.2. The van der Waals surface area contributed by atoms with E-state index in [9.17, 15) is 9.90 Å². The molecule has 1 aliphatic rings. The number of morpholine rings is 1. The zero-order chi connectivity index (χ0) is 16.0.